The number of benzene rings is 1. The van der Waals surface area contributed by atoms with Crippen LogP contribution in [-0.2, 0) is 6.42 Å². The van der Waals surface area contributed by atoms with Crippen LogP contribution in [0.1, 0.15) is 40.3 Å². The molecule has 1 aliphatic rings. The Morgan fingerprint density at radius 2 is 2.03 bits per heavy atom. The highest BCUT2D eigenvalue weighted by atomic mass is 35.5. The number of nitrogens with zero attached hydrogens (tertiary/aromatic N) is 2. The molecule has 158 valence electrons. The van der Waals surface area contributed by atoms with Crippen molar-refractivity contribution in [2.45, 2.75) is 31.1 Å². The van der Waals surface area contributed by atoms with E-state index in [1.165, 1.54) is 6.26 Å². The van der Waals surface area contributed by atoms with Crippen LogP contribution in [0.25, 0.3) is 0 Å². The summed E-state index contributed by atoms with van der Waals surface area (Å²) in [6.07, 6.45) is -2.95. The van der Waals surface area contributed by atoms with E-state index in [2.05, 4.69) is 15.7 Å². The molecular weight excluding hydrogens is 421 g/mol. The molecule has 2 atom stereocenters. The predicted octanol–water partition coefficient (Wildman–Crippen LogP) is 4.76. The molecular formula is C20H18ClF3N4O2. The van der Waals surface area contributed by atoms with Crippen molar-refractivity contribution in [3.05, 3.63) is 70.8 Å². The first-order chi connectivity index (χ1) is 14.3. The van der Waals surface area contributed by atoms with Gasteiger partial charge in [0, 0.05) is 13.0 Å². The molecule has 3 heterocycles. The Hall–Kier alpha value is -2.94. The van der Waals surface area contributed by atoms with Crippen molar-refractivity contribution >= 4 is 23.3 Å². The van der Waals surface area contributed by atoms with Gasteiger partial charge >= 0.3 is 6.18 Å². The summed E-state index contributed by atoms with van der Waals surface area (Å²) in [6, 6.07) is 9.99. The SMILES string of the molecule is O=C(NCCc1ccccc1)c1nn2c(c1Cl)N[C@H](c1ccco1)C[C@@H]2C(F)(F)F. The van der Waals surface area contributed by atoms with Crippen LogP contribution in [0.15, 0.2) is 53.1 Å². The van der Waals surface area contributed by atoms with Gasteiger partial charge in [-0.2, -0.15) is 18.3 Å². The average molecular weight is 439 g/mol. The van der Waals surface area contributed by atoms with Gasteiger partial charge < -0.3 is 15.1 Å². The lowest BCUT2D eigenvalue weighted by molar-refractivity contribution is -0.174. The minimum Gasteiger partial charge on any atom is -0.467 e. The number of amides is 1. The number of furan rings is 1. The molecule has 2 N–H and O–H groups in total. The van der Waals surface area contributed by atoms with E-state index in [1.54, 1.807) is 12.1 Å². The summed E-state index contributed by atoms with van der Waals surface area (Å²) in [6.45, 7) is 0.298. The number of fused-ring (bicyclic) bond motifs is 1. The number of hydrogen-bond acceptors (Lipinski definition) is 4. The monoisotopic (exact) mass is 438 g/mol. The highest BCUT2D eigenvalue weighted by molar-refractivity contribution is 6.36. The molecule has 6 nitrogen and oxygen atoms in total. The number of aromatic nitrogens is 2. The fraction of sp³-hybridized carbons (Fsp3) is 0.300. The normalized spacial score (nSPS) is 18.5. The van der Waals surface area contributed by atoms with Gasteiger partial charge in [0.15, 0.2) is 11.7 Å². The maximum absolute atomic E-state index is 13.7. The number of alkyl halides is 3. The second-order valence-corrected chi connectivity index (χ2v) is 7.33. The smallest absolute Gasteiger partial charge is 0.410 e. The first kappa shape index (κ1) is 20.3. The summed E-state index contributed by atoms with van der Waals surface area (Å²) in [5.74, 6) is -0.336. The molecule has 0 spiro atoms. The molecule has 0 radical (unpaired) electrons. The molecule has 0 aliphatic carbocycles. The van der Waals surface area contributed by atoms with Gasteiger partial charge in [-0.3, -0.25) is 4.79 Å². The Morgan fingerprint density at radius 3 is 2.70 bits per heavy atom. The molecule has 30 heavy (non-hydrogen) atoms. The van der Waals surface area contributed by atoms with Crippen LogP contribution in [-0.4, -0.2) is 28.4 Å². The van der Waals surface area contributed by atoms with Gasteiger partial charge in [0.05, 0.1) is 12.3 Å². The number of anilines is 1. The lowest BCUT2D eigenvalue weighted by atomic mass is 10.0. The second-order valence-electron chi connectivity index (χ2n) is 6.95. The summed E-state index contributed by atoms with van der Waals surface area (Å²) >= 11 is 6.27. The Balaban J connectivity index is 1.56. The Labute approximate surface area is 175 Å². The molecule has 1 aliphatic heterocycles. The summed E-state index contributed by atoms with van der Waals surface area (Å²) < 4.78 is 47.1. The lowest BCUT2D eigenvalue weighted by Gasteiger charge is -2.32. The van der Waals surface area contributed by atoms with E-state index in [-0.39, 0.29) is 23.0 Å². The van der Waals surface area contributed by atoms with Gasteiger partial charge in [0.2, 0.25) is 0 Å². The van der Waals surface area contributed by atoms with Gasteiger partial charge in [-0.1, -0.05) is 41.9 Å². The number of carbonyl (C=O) groups is 1. The van der Waals surface area contributed by atoms with Crippen molar-refractivity contribution in [2.75, 3.05) is 11.9 Å². The Kier molecular flexibility index (Phi) is 5.46. The van der Waals surface area contributed by atoms with E-state index in [0.717, 1.165) is 10.2 Å². The molecule has 0 bridgehead atoms. The zero-order valence-corrected chi connectivity index (χ0v) is 16.4. The molecule has 2 aromatic heterocycles. The van der Waals surface area contributed by atoms with Gasteiger partial charge in [0.25, 0.3) is 5.91 Å². The van der Waals surface area contributed by atoms with E-state index in [9.17, 15) is 18.0 Å². The van der Waals surface area contributed by atoms with Crippen molar-refractivity contribution in [3.63, 3.8) is 0 Å². The van der Waals surface area contributed by atoms with Crippen molar-refractivity contribution in [1.82, 2.24) is 15.1 Å². The van der Waals surface area contributed by atoms with E-state index in [0.29, 0.717) is 18.7 Å². The highest BCUT2D eigenvalue weighted by Crippen LogP contribution is 2.46. The third kappa shape index (κ3) is 4.02. The molecule has 1 aromatic carbocycles. The van der Waals surface area contributed by atoms with Crippen LogP contribution >= 0.6 is 11.6 Å². The fourth-order valence-electron chi connectivity index (χ4n) is 3.46. The first-order valence-electron chi connectivity index (χ1n) is 9.31. The molecule has 4 rings (SSSR count). The standard InChI is InChI=1S/C20H18ClF3N4O2/c21-16-17(19(29)25-9-8-12-5-2-1-3-6-12)27-28-15(20(22,23)24)11-13(26-18(16)28)14-7-4-10-30-14/h1-7,10,13,15,26H,8-9,11H2,(H,25,29)/t13-,15+/m0/s1. The van der Waals surface area contributed by atoms with Gasteiger partial charge in [-0.15, -0.1) is 0 Å². The molecule has 0 saturated heterocycles. The zero-order valence-electron chi connectivity index (χ0n) is 15.6. The van der Waals surface area contributed by atoms with Crippen molar-refractivity contribution < 1.29 is 22.4 Å². The van der Waals surface area contributed by atoms with Crippen LogP contribution in [0.2, 0.25) is 5.02 Å². The summed E-state index contributed by atoms with van der Waals surface area (Å²) in [4.78, 5) is 12.5. The quantitative estimate of drug-likeness (QED) is 0.602. The zero-order chi connectivity index (χ0) is 21.3. The van der Waals surface area contributed by atoms with Gasteiger partial charge in [-0.25, -0.2) is 4.68 Å². The number of rotatable bonds is 5. The van der Waals surface area contributed by atoms with Crippen LogP contribution in [0, 0.1) is 0 Å². The molecule has 3 aromatic rings. The molecule has 0 saturated carbocycles. The largest absolute Gasteiger partial charge is 0.467 e. The van der Waals surface area contributed by atoms with Crippen LogP contribution in [0.3, 0.4) is 0 Å². The van der Waals surface area contributed by atoms with E-state index in [4.69, 9.17) is 16.0 Å². The van der Waals surface area contributed by atoms with E-state index in [1.807, 2.05) is 30.3 Å². The number of halogens is 4. The third-order valence-corrected chi connectivity index (χ3v) is 5.30. The highest BCUT2D eigenvalue weighted by Gasteiger charge is 2.48. The number of carbonyl (C=O) groups excluding carboxylic acids is 1. The lowest BCUT2D eigenvalue weighted by Crippen LogP contribution is -2.35. The summed E-state index contributed by atoms with van der Waals surface area (Å²) in [5.41, 5.74) is 0.773. The van der Waals surface area contributed by atoms with Gasteiger partial charge in [0.1, 0.15) is 16.6 Å². The van der Waals surface area contributed by atoms with Crippen LogP contribution in [0.5, 0.6) is 0 Å². The summed E-state index contributed by atoms with van der Waals surface area (Å²) in [7, 11) is 0. The predicted molar refractivity (Wildman–Crippen MR) is 104 cm³/mol. The Bertz CT molecular complexity index is 1020. The first-order valence-corrected chi connectivity index (χ1v) is 9.69. The maximum atomic E-state index is 13.7. The fourth-order valence-corrected chi connectivity index (χ4v) is 3.72. The van der Waals surface area contributed by atoms with Crippen molar-refractivity contribution in [3.8, 4) is 0 Å². The van der Waals surface area contributed by atoms with E-state index >= 15 is 0 Å². The molecule has 0 fully saturated rings. The summed E-state index contributed by atoms with van der Waals surface area (Å²) in [5, 5.41) is 9.33. The van der Waals surface area contributed by atoms with Crippen molar-refractivity contribution in [2.24, 2.45) is 0 Å². The van der Waals surface area contributed by atoms with Crippen molar-refractivity contribution in [1.29, 1.82) is 0 Å². The molecule has 0 unspecified atom stereocenters. The van der Waals surface area contributed by atoms with Crippen LogP contribution < -0.4 is 10.6 Å². The van der Waals surface area contributed by atoms with E-state index < -0.39 is 24.2 Å². The van der Waals surface area contributed by atoms with Gasteiger partial charge in [-0.05, 0) is 24.1 Å². The minimum absolute atomic E-state index is 0.0557. The molecule has 10 heteroatoms. The minimum atomic E-state index is -4.57. The second kappa shape index (κ2) is 8.06. The molecule has 1 amide bonds. The number of nitrogens with one attached hydrogen (secondary N) is 2. The average Bonchev–Trinajstić information content (AvgIpc) is 3.36. The topological polar surface area (TPSA) is 72.1 Å². The maximum Gasteiger partial charge on any atom is 0.410 e. The Morgan fingerprint density at radius 1 is 1.27 bits per heavy atom. The number of hydrogen-bond donors (Lipinski definition) is 2. The van der Waals surface area contributed by atoms with Crippen LogP contribution in [0.4, 0.5) is 19.0 Å². The third-order valence-electron chi connectivity index (χ3n) is 4.94.